The van der Waals surface area contributed by atoms with Gasteiger partial charge < -0.3 is 28.3 Å². The van der Waals surface area contributed by atoms with Crippen LogP contribution in [-0.4, -0.2) is 69.8 Å². The molecule has 0 aliphatic heterocycles. The van der Waals surface area contributed by atoms with E-state index in [-0.39, 0.29) is 19.8 Å². The second kappa shape index (κ2) is 22.9. The molecule has 0 spiro atoms. The summed E-state index contributed by atoms with van der Waals surface area (Å²) in [6.07, 6.45) is 22.8. The third kappa shape index (κ3) is 28.2. The summed E-state index contributed by atoms with van der Waals surface area (Å²) in [5, 5.41) is 9.84. The number of aliphatic hydroxyl groups excluding tert-OH is 1. The highest BCUT2D eigenvalue weighted by atomic mass is 31.2. The quantitative estimate of drug-likeness (QED) is 0.0650. The van der Waals surface area contributed by atoms with E-state index in [0.717, 1.165) is 12.8 Å². The van der Waals surface area contributed by atoms with Gasteiger partial charge in [-0.25, -0.2) is 0 Å². The molecule has 0 aromatic heterocycles. The molecule has 0 rings (SSSR count). The highest BCUT2D eigenvalue weighted by Gasteiger charge is 2.15. The molecule has 0 saturated carbocycles. The van der Waals surface area contributed by atoms with Crippen LogP contribution in [0.25, 0.3) is 0 Å². The minimum atomic E-state index is -4.39. The van der Waals surface area contributed by atoms with Crippen LogP contribution in [0.5, 0.6) is 0 Å². The van der Waals surface area contributed by atoms with Crippen LogP contribution in [0, 0.1) is 0 Å². The Labute approximate surface area is 216 Å². The number of phosphoric acid groups is 1. The number of unbranched alkanes of at least 4 members (excludes halogenated alkanes) is 13. The van der Waals surface area contributed by atoms with Gasteiger partial charge in [-0.15, -0.1) is 0 Å². The Morgan fingerprint density at radius 1 is 0.771 bits per heavy atom. The first-order chi connectivity index (χ1) is 16.7. The van der Waals surface area contributed by atoms with Gasteiger partial charge in [0.15, 0.2) is 0 Å². The van der Waals surface area contributed by atoms with Crippen LogP contribution in [-0.2, 0) is 18.3 Å². The van der Waals surface area contributed by atoms with E-state index in [1.807, 2.05) is 21.1 Å². The zero-order valence-corrected chi connectivity index (χ0v) is 24.2. The molecule has 210 valence electrons. The summed E-state index contributed by atoms with van der Waals surface area (Å²) in [5.41, 5.74) is 0. The van der Waals surface area contributed by atoms with E-state index in [4.69, 9.17) is 13.8 Å². The lowest BCUT2D eigenvalue weighted by Gasteiger charge is -2.27. The smallest absolute Gasteiger partial charge is 0.268 e. The zero-order chi connectivity index (χ0) is 26.3. The van der Waals surface area contributed by atoms with Crippen molar-refractivity contribution in [3.63, 3.8) is 0 Å². The molecular weight excluding hydrogens is 465 g/mol. The van der Waals surface area contributed by atoms with E-state index in [0.29, 0.717) is 17.6 Å². The number of aliphatic hydroxyl groups is 1. The van der Waals surface area contributed by atoms with Gasteiger partial charge in [-0.3, -0.25) is 4.57 Å². The number of hydrogen-bond acceptors (Lipinski definition) is 6. The van der Waals surface area contributed by atoms with Gasteiger partial charge in [-0.1, -0.05) is 83.3 Å². The van der Waals surface area contributed by atoms with Crippen LogP contribution in [0.2, 0.25) is 0 Å². The minimum Gasteiger partial charge on any atom is -0.756 e. The molecule has 2 unspecified atom stereocenters. The van der Waals surface area contributed by atoms with Gasteiger partial charge in [0.2, 0.25) is 0 Å². The van der Waals surface area contributed by atoms with Crippen molar-refractivity contribution in [3.8, 4) is 0 Å². The second-order valence-corrected chi connectivity index (χ2v) is 12.0. The molecule has 0 heterocycles. The lowest BCUT2D eigenvalue weighted by atomic mass is 10.1. The molecule has 0 radical (unpaired) electrons. The fourth-order valence-electron chi connectivity index (χ4n) is 3.54. The topological polar surface area (TPSA) is 88.0 Å². The summed E-state index contributed by atoms with van der Waals surface area (Å²) in [6, 6.07) is 0. The number of quaternary nitrogens is 1. The van der Waals surface area contributed by atoms with Crippen LogP contribution in [0.1, 0.15) is 103 Å². The number of likely N-dealkylation sites (N-methyl/N-ethyl adjacent to an activating group) is 1. The molecule has 0 aliphatic rings. The van der Waals surface area contributed by atoms with Gasteiger partial charge in [-0.05, 0) is 32.1 Å². The summed E-state index contributed by atoms with van der Waals surface area (Å²) >= 11 is 0. The first kappa shape index (κ1) is 34.7. The Hall–Kier alpha value is -0.270. The molecule has 0 aromatic rings. The van der Waals surface area contributed by atoms with Crippen molar-refractivity contribution >= 4 is 7.82 Å². The Balaban J connectivity index is 3.42. The first-order valence-electron chi connectivity index (χ1n) is 14.0. The summed E-state index contributed by atoms with van der Waals surface area (Å²) in [5.74, 6) is 0. The third-order valence-corrected chi connectivity index (χ3v) is 6.76. The fraction of sp³-hybridized carbons (Fsp3) is 0.926. The normalized spacial score (nSPS) is 15.0. The maximum atomic E-state index is 11.7. The van der Waals surface area contributed by atoms with Crippen molar-refractivity contribution in [3.05, 3.63) is 12.2 Å². The molecule has 1 N–H and O–H groups in total. The number of ether oxygens (including phenoxy) is 1. The third-order valence-electron chi connectivity index (χ3n) is 5.80. The van der Waals surface area contributed by atoms with Crippen LogP contribution in [0.3, 0.4) is 0 Å². The fourth-order valence-corrected chi connectivity index (χ4v) is 4.27. The van der Waals surface area contributed by atoms with Crippen molar-refractivity contribution in [2.24, 2.45) is 0 Å². The summed E-state index contributed by atoms with van der Waals surface area (Å²) in [7, 11) is 1.44. The SMILES string of the molecule is CCCCCCCCC/C=C\CCCCCCCCOCC(O)COP(=O)([O-])OCC[N+](C)(C)C. The molecule has 2 atom stereocenters. The second-order valence-electron chi connectivity index (χ2n) is 10.6. The van der Waals surface area contributed by atoms with Gasteiger partial charge in [-0.2, -0.15) is 0 Å². The van der Waals surface area contributed by atoms with E-state index in [1.165, 1.54) is 83.5 Å². The van der Waals surface area contributed by atoms with Gasteiger partial charge >= 0.3 is 0 Å². The van der Waals surface area contributed by atoms with Gasteiger partial charge in [0.05, 0.1) is 34.4 Å². The van der Waals surface area contributed by atoms with Crippen LogP contribution >= 0.6 is 7.82 Å². The van der Waals surface area contributed by atoms with Gasteiger partial charge in [0, 0.05) is 6.61 Å². The van der Waals surface area contributed by atoms with E-state index in [9.17, 15) is 14.6 Å². The van der Waals surface area contributed by atoms with Crippen LogP contribution in [0.4, 0.5) is 0 Å². The predicted octanol–water partition coefficient (Wildman–Crippen LogP) is 6.00. The highest BCUT2D eigenvalue weighted by molar-refractivity contribution is 7.45. The molecule has 0 aromatic carbocycles. The molecule has 7 nitrogen and oxygen atoms in total. The van der Waals surface area contributed by atoms with Crippen LogP contribution in [0.15, 0.2) is 12.2 Å². The van der Waals surface area contributed by atoms with E-state index < -0.39 is 13.9 Å². The largest absolute Gasteiger partial charge is 0.756 e. The average Bonchev–Trinajstić information content (AvgIpc) is 2.78. The van der Waals surface area contributed by atoms with Crippen LogP contribution < -0.4 is 4.89 Å². The monoisotopic (exact) mass is 521 g/mol. The van der Waals surface area contributed by atoms with Crippen molar-refractivity contribution < 1.29 is 32.8 Å². The number of phosphoric ester groups is 1. The number of nitrogens with zero attached hydrogens (tertiary/aromatic N) is 1. The number of hydrogen-bond donors (Lipinski definition) is 1. The van der Waals surface area contributed by atoms with Gasteiger partial charge in [0.1, 0.15) is 19.3 Å². The predicted molar refractivity (Wildman–Crippen MR) is 143 cm³/mol. The summed E-state index contributed by atoms with van der Waals surface area (Å²) < 4.78 is 27.3. The zero-order valence-electron chi connectivity index (χ0n) is 23.3. The van der Waals surface area contributed by atoms with E-state index in [1.54, 1.807) is 0 Å². The summed E-state index contributed by atoms with van der Waals surface area (Å²) in [6.45, 7) is 3.13. The lowest BCUT2D eigenvalue weighted by Crippen LogP contribution is -2.37. The molecule has 0 bridgehead atoms. The van der Waals surface area contributed by atoms with E-state index >= 15 is 0 Å². The molecule has 8 heteroatoms. The van der Waals surface area contributed by atoms with Crippen molar-refractivity contribution in [1.29, 1.82) is 0 Å². The maximum Gasteiger partial charge on any atom is 0.268 e. The summed E-state index contributed by atoms with van der Waals surface area (Å²) in [4.78, 5) is 11.7. The van der Waals surface area contributed by atoms with Crippen molar-refractivity contribution in [1.82, 2.24) is 0 Å². The number of allylic oxidation sites excluding steroid dienone is 2. The number of rotatable bonds is 26. The molecule has 0 saturated heterocycles. The Bertz CT molecular complexity index is 538. The van der Waals surface area contributed by atoms with Crippen molar-refractivity contribution in [2.75, 3.05) is 54.1 Å². The highest BCUT2D eigenvalue weighted by Crippen LogP contribution is 2.38. The first-order valence-corrected chi connectivity index (χ1v) is 15.4. The standard InChI is InChI=1S/C27H56NO6P/c1-5-6-7-8-9-10-11-12-13-14-15-16-17-18-19-20-21-23-32-25-27(29)26-34-35(30,31)33-24-22-28(2,3)4/h13-14,27,29H,5-12,15-26H2,1-4H3/b14-13-. The Morgan fingerprint density at radius 3 is 1.83 bits per heavy atom. The van der Waals surface area contributed by atoms with Crippen molar-refractivity contribution in [2.45, 2.75) is 109 Å². The Morgan fingerprint density at radius 2 is 1.29 bits per heavy atom. The molecule has 35 heavy (non-hydrogen) atoms. The average molecular weight is 522 g/mol. The van der Waals surface area contributed by atoms with Gasteiger partial charge in [0.25, 0.3) is 7.82 Å². The molecule has 0 amide bonds. The molecule has 0 fully saturated rings. The minimum absolute atomic E-state index is 0.0485. The van der Waals surface area contributed by atoms with E-state index in [2.05, 4.69) is 19.1 Å². The molecular formula is C27H56NO6P. The molecule has 0 aliphatic carbocycles. The lowest BCUT2D eigenvalue weighted by molar-refractivity contribution is -0.870. The maximum absolute atomic E-state index is 11.7. The Kier molecular flexibility index (Phi) is 22.7.